The van der Waals surface area contributed by atoms with Crippen molar-refractivity contribution in [3.63, 3.8) is 0 Å². The van der Waals surface area contributed by atoms with E-state index in [1.54, 1.807) is 11.3 Å². The summed E-state index contributed by atoms with van der Waals surface area (Å²) in [6.07, 6.45) is 1.81. The number of rotatable bonds is 4. The number of nitrogens with zero attached hydrogens (tertiary/aromatic N) is 1. The highest BCUT2D eigenvalue weighted by Gasteiger charge is 2.02. The van der Waals surface area contributed by atoms with Crippen molar-refractivity contribution < 1.29 is 0 Å². The highest BCUT2D eigenvalue weighted by molar-refractivity contribution is 7.09. The van der Waals surface area contributed by atoms with Gasteiger partial charge in [0.15, 0.2) is 0 Å². The van der Waals surface area contributed by atoms with Gasteiger partial charge < -0.3 is 5.73 Å². The molecule has 16 heavy (non-hydrogen) atoms. The van der Waals surface area contributed by atoms with Gasteiger partial charge >= 0.3 is 0 Å². The molecule has 0 saturated heterocycles. The first-order chi connectivity index (χ1) is 7.78. The van der Waals surface area contributed by atoms with E-state index < -0.39 is 0 Å². The van der Waals surface area contributed by atoms with Crippen molar-refractivity contribution in [1.29, 1.82) is 0 Å². The molecule has 1 heterocycles. The molecular weight excluding hydrogens is 216 g/mol. The highest BCUT2D eigenvalue weighted by Crippen LogP contribution is 2.14. The van der Waals surface area contributed by atoms with E-state index in [0.29, 0.717) is 6.54 Å². The van der Waals surface area contributed by atoms with Crippen molar-refractivity contribution in [2.75, 3.05) is 6.54 Å². The van der Waals surface area contributed by atoms with Crippen molar-refractivity contribution in [1.82, 2.24) is 4.98 Å². The average Bonchev–Trinajstić information content (AvgIpc) is 2.70. The number of thiazole rings is 1. The first-order valence-electron chi connectivity index (χ1n) is 5.47. The topological polar surface area (TPSA) is 38.9 Å². The van der Waals surface area contributed by atoms with Gasteiger partial charge in [-0.25, -0.2) is 4.98 Å². The lowest BCUT2D eigenvalue weighted by Gasteiger charge is -1.98. The number of hydrogen-bond acceptors (Lipinski definition) is 3. The van der Waals surface area contributed by atoms with Crippen LogP contribution in [0.5, 0.6) is 0 Å². The lowest BCUT2D eigenvalue weighted by Crippen LogP contribution is -2.02. The van der Waals surface area contributed by atoms with E-state index in [1.165, 1.54) is 11.1 Å². The zero-order valence-corrected chi connectivity index (χ0v) is 10.3. The van der Waals surface area contributed by atoms with Gasteiger partial charge in [-0.1, -0.05) is 29.8 Å². The van der Waals surface area contributed by atoms with Crippen LogP contribution in [0.4, 0.5) is 0 Å². The lowest BCUT2D eigenvalue weighted by atomic mass is 10.1. The zero-order valence-electron chi connectivity index (χ0n) is 9.44. The third-order valence-corrected chi connectivity index (χ3v) is 3.42. The number of hydrogen-bond donors (Lipinski definition) is 1. The Morgan fingerprint density at radius 1 is 1.25 bits per heavy atom. The Hall–Kier alpha value is -1.19. The Bertz CT molecular complexity index is 445. The Kier molecular flexibility index (Phi) is 3.70. The molecule has 2 aromatic rings. The van der Waals surface area contributed by atoms with Crippen LogP contribution in [0.2, 0.25) is 0 Å². The lowest BCUT2D eigenvalue weighted by molar-refractivity contribution is 0.936. The summed E-state index contributed by atoms with van der Waals surface area (Å²) in [7, 11) is 0. The summed E-state index contributed by atoms with van der Waals surface area (Å²) in [5, 5.41) is 3.27. The van der Waals surface area contributed by atoms with Crippen LogP contribution in [-0.4, -0.2) is 11.5 Å². The fourth-order valence-electron chi connectivity index (χ4n) is 1.58. The monoisotopic (exact) mass is 232 g/mol. The normalized spacial score (nSPS) is 10.6. The van der Waals surface area contributed by atoms with Gasteiger partial charge in [0, 0.05) is 18.2 Å². The van der Waals surface area contributed by atoms with Crippen molar-refractivity contribution >= 4 is 11.3 Å². The number of benzene rings is 1. The van der Waals surface area contributed by atoms with E-state index in [9.17, 15) is 0 Å². The number of aryl methyl sites for hydroxylation is 1. The van der Waals surface area contributed by atoms with Gasteiger partial charge in [-0.3, -0.25) is 0 Å². The van der Waals surface area contributed by atoms with Crippen LogP contribution in [-0.2, 0) is 12.8 Å². The predicted molar refractivity (Wildman–Crippen MR) is 68.9 cm³/mol. The predicted octanol–water partition coefficient (Wildman–Crippen LogP) is 2.54. The van der Waals surface area contributed by atoms with Crippen LogP contribution in [0.3, 0.4) is 0 Å². The Balaban J connectivity index is 2.05. The second kappa shape index (κ2) is 5.23. The summed E-state index contributed by atoms with van der Waals surface area (Å²) >= 11 is 1.71. The second-order valence-corrected chi connectivity index (χ2v) is 4.88. The largest absolute Gasteiger partial charge is 0.330 e. The summed E-state index contributed by atoms with van der Waals surface area (Å²) in [6.45, 7) is 2.78. The molecule has 0 atom stereocenters. The van der Waals surface area contributed by atoms with Gasteiger partial charge in [-0.15, -0.1) is 11.3 Å². The quantitative estimate of drug-likeness (QED) is 0.880. The summed E-state index contributed by atoms with van der Waals surface area (Å²) in [5.74, 6) is 0. The maximum absolute atomic E-state index is 5.51. The van der Waals surface area contributed by atoms with Crippen LogP contribution in [0.1, 0.15) is 21.8 Å². The molecule has 0 bridgehead atoms. The zero-order chi connectivity index (χ0) is 11.4. The van der Waals surface area contributed by atoms with E-state index in [2.05, 4.69) is 41.6 Å². The van der Waals surface area contributed by atoms with Gasteiger partial charge in [0.1, 0.15) is 0 Å². The van der Waals surface area contributed by atoms with E-state index in [0.717, 1.165) is 23.5 Å². The minimum Gasteiger partial charge on any atom is -0.330 e. The summed E-state index contributed by atoms with van der Waals surface area (Å²) in [4.78, 5) is 4.56. The third kappa shape index (κ3) is 2.90. The highest BCUT2D eigenvalue weighted by atomic mass is 32.1. The third-order valence-electron chi connectivity index (χ3n) is 2.46. The van der Waals surface area contributed by atoms with Crippen LogP contribution < -0.4 is 5.73 Å². The van der Waals surface area contributed by atoms with Crippen LogP contribution >= 0.6 is 11.3 Å². The maximum Gasteiger partial charge on any atom is 0.0940 e. The van der Waals surface area contributed by atoms with Gasteiger partial charge in [-0.05, 0) is 19.0 Å². The Morgan fingerprint density at radius 3 is 2.69 bits per heavy atom. The molecule has 3 heteroatoms. The molecule has 2 rings (SSSR count). The van der Waals surface area contributed by atoms with E-state index in [1.807, 2.05) is 0 Å². The molecule has 2 nitrogen and oxygen atoms in total. The molecule has 0 aliphatic heterocycles. The van der Waals surface area contributed by atoms with Gasteiger partial charge in [0.2, 0.25) is 0 Å². The molecule has 0 aliphatic carbocycles. The molecule has 1 aromatic carbocycles. The van der Waals surface area contributed by atoms with Gasteiger partial charge in [0.05, 0.1) is 10.7 Å². The molecule has 0 fully saturated rings. The number of aromatic nitrogens is 1. The van der Waals surface area contributed by atoms with Crippen molar-refractivity contribution in [3.05, 3.63) is 51.5 Å². The molecule has 1 aromatic heterocycles. The van der Waals surface area contributed by atoms with Gasteiger partial charge in [-0.2, -0.15) is 0 Å². The molecule has 0 saturated carbocycles. The molecular formula is C13H16N2S. The molecule has 84 valence electrons. The maximum atomic E-state index is 5.51. The summed E-state index contributed by atoms with van der Waals surface area (Å²) in [6, 6.07) is 8.61. The second-order valence-electron chi connectivity index (χ2n) is 3.93. The van der Waals surface area contributed by atoms with E-state index in [-0.39, 0.29) is 0 Å². The van der Waals surface area contributed by atoms with E-state index in [4.69, 9.17) is 5.73 Å². The van der Waals surface area contributed by atoms with Crippen molar-refractivity contribution in [2.45, 2.75) is 19.8 Å². The minimum atomic E-state index is 0.678. The first kappa shape index (κ1) is 11.3. The van der Waals surface area contributed by atoms with E-state index >= 15 is 0 Å². The first-order valence-corrected chi connectivity index (χ1v) is 6.35. The molecule has 0 spiro atoms. The fourth-order valence-corrected chi connectivity index (χ4v) is 2.40. The smallest absolute Gasteiger partial charge is 0.0940 e. The minimum absolute atomic E-state index is 0.678. The van der Waals surface area contributed by atoms with Crippen LogP contribution in [0, 0.1) is 6.92 Å². The summed E-state index contributed by atoms with van der Waals surface area (Å²) in [5.41, 5.74) is 9.27. The molecule has 0 unspecified atom stereocenters. The average molecular weight is 232 g/mol. The number of nitrogens with two attached hydrogens (primary N) is 1. The molecule has 0 radical (unpaired) electrons. The van der Waals surface area contributed by atoms with Crippen LogP contribution in [0.25, 0.3) is 0 Å². The molecule has 2 N–H and O–H groups in total. The summed E-state index contributed by atoms with van der Waals surface area (Å²) < 4.78 is 0. The van der Waals surface area contributed by atoms with Crippen LogP contribution in [0.15, 0.2) is 29.6 Å². The SMILES string of the molecule is Cc1ccc(Cc2csc(CCN)n2)cc1. The fraction of sp³-hybridized carbons (Fsp3) is 0.308. The Morgan fingerprint density at radius 2 is 2.00 bits per heavy atom. The van der Waals surface area contributed by atoms with Crippen molar-refractivity contribution in [2.24, 2.45) is 5.73 Å². The Labute approximate surface area is 100 Å². The standard InChI is InChI=1S/C13H16N2S/c1-10-2-4-11(5-3-10)8-12-9-16-13(15-12)6-7-14/h2-5,9H,6-8,14H2,1H3. The molecule has 0 amide bonds. The van der Waals surface area contributed by atoms with Gasteiger partial charge in [0.25, 0.3) is 0 Å². The van der Waals surface area contributed by atoms with Crippen molar-refractivity contribution in [3.8, 4) is 0 Å². The molecule has 0 aliphatic rings.